The van der Waals surface area contributed by atoms with E-state index < -0.39 is 0 Å². The van der Waals surface area contributed by atoms with Crippen LogP contribution in [-0.2, 0) is 13.1 Å². The van der Waals surface area contributed by atoms with Crippen LogP contribution in [0.5, 0.6) is 0 Å². The number of nitrogens with zero attached hydrogens (tertiary/aromatic N) is 3. The molecular weight excluding hydrogens is 224 g/mol. The molecule has 102 valence electrons. The second-order valence-corrected chi connectivity index (χ2v) is 5.22. The van der Waals surface area contributed by atoms with Crippen LogP contribution in [0.25, 0.3) is 0 Å². The van der Waals surface area contributed by atoms with Gasteiger partial charge >= 0.3 is 0 Å². The van der Waals surface area contributed by atoms with Crippen molar-refractivity contribution in [1.29, 1.82) is 0 Å². The predicted molar refractivity (Wildman–Crippen MR) is 74.5 cm³/mol. The summed E-state index contributed by atoms with van der Waals surface area (Å²) in [6.45, 7) is 6.52. The van der Waals surface area contributed by atoms with E-state index in [1.165, 1.54) is 37.8 Å². The lowest BCUT2D eigenvalue weighted by Crippen LogP contribution is -2.40. The third kappa shape index (κ3) is 3.56. The second kappa shape index (κ2) is 6.90. The molecule has 1 unspecified atom stereocenters. The van der Waals surface area contributed by atoms with Crippen molar-refractivity contribution < 1.29 is 0 Å². The number of likely N-dealkylation sites (tertiary alicyclic amines) is 1. The van der Waals surface area contributed by atoms with Crippen molar-refractivity contribution in [3.8, 4) is 0 Å². The molecule has 4 heteroatoms. The minimum atomic E-state index is 0.746. The highest BCUT2D eigenvalue weighted by molar-refractivity contribution is 5.04. The van der Waals surface area contributed by atoms with Crippen molar-refractivity contribution in [2.45, 2.75) is 51.7 Å². The van der Waals surface area contributed by atoms with Gasteiger partial charge in [-0.2, -0.15) is 5.10 Å². The average molecular weight is 250 g/mol. The molecule has 1 N–H and O–H groups in total. The van der Waals surface area contributed by atoms with Crippen LogP contribution < -0.4 is 5.32 Å². The highest BCUT2D eigenvalue weighted by Gasteiger charge is 2.22. The molecule has 1 aliphatic heterocycles. The topological polar surface area (TPSA) is 33.1 Å². The van der Waals surface area contributed by atoms with E-state index in [1.807, 2.05) is 17.9 Å². The minimum absolute atomic E-state index is 0.746. The molecule has 1 aromatic heterocycles. The summed E-state index contributed by atoms with van der Waals surface area (Å²) in [6.07, 6.45) is 9.55. The molecule has 1 saturated heterocycles. The molecular formula is C14H26N4. The van der Waals surface area contributed by atoms with Gasteiger partial charge in [-0.3, -0.25) is 9.58 Å². The number of hydrogen-bond donors (Lipinski definition) is 1. The Hall–Kier alpha value is -0.870. The van der Waals surface area contributed by atoms with E-state index in [4.69, 9.17) is 0 Å². The lowest BCUT2D eigenvalue weighted by Gasteiger charge is -2.35. The van der Waals surface area contributed by atoms with Crippen molar-refractivity contribution in [1.82, 2.24) is 20.0 Å². The Morgan fingerprint density at radius 1 is 1.44 bits per heavy atom. The third-order valence-electron chi connectivity index (χ3n) is 3.87. The lowest BCUT2D eigenvalue weighted by molar-refractivity contribution is 0.132. The SMILES string of the molecule is CCn1cc(CN2CCCCC2CCNC)cn1. The Morgan fingerprint density at radius 3 is 3.06 bits per heavy atom. The molecule has 2 heterocycles. The molecule has 0 amide bonds. The highest BCUT2D eigenvalue weighted by atomic mass is 15.3. The van der Waals surface area contributed by atoms with Crippen molar-refractivity contribution in [3.05, 3.63) is 18.0 Å². The molecule has 0 radical (unpaired) electrons. The monoisotopic (exact) mass is 250 g/mol. The molecule has 0 aliphatic carbocycles. The van der Waals surface area contributed by atoms with E-state index in [0.717, 1.165) is 25.7 Å². The Balaban J connectivity index is 1.91. The standard InChI is InChI=1S/C14H26N4/c1-3-18-12-13(10-16-18)11-17-9-5-4-6-14(17)7-8-15-2/h10,12,14-15H,3-9,11H2,1-2H3. The molecule has 0 spiro atoms. The molecule has 4 nitrogen and oxygen atoms in total. The average Bonchev–Trinajstić information content (AvgIpc) is 2.85. The summed E-state index contributed by atoms with van der Waals surface area (Å²) in [6, 6.07) is 0.746. The van der Waals surface area contributed by atoms with E-state index in [-0.39, 0.29) is 0 Å². The number of piperidine rings is 1. The molecule has 1 fully saturated rings. The van der Waals surface area contributed by atoms with Crippen molar-refractivity contribution >= 4 is 0 Å². The van der Waals surface area contributed by atoms with Crippen LogP contribution in [-0.4, -0.2) is 40.9 Å². The first-order valence-corrected chi connectivity index (χ1v) is 7.23. The summed E-state index contributed by atoms with van der Waals surface area (Å²) < 4.78 is 2.02. The number of rotatable bonds is 6. The molecule has 0 saturated carbocycles. The summed E-state index contributed by atoms with van der Waals surface area (Å²) in [5.74, 6) is 0. The van der Waals surface area contributed by atoms with E-state index in [0.29, 0.717) is 0 Å². The highest BCUT2D eigenvalue weighted by Crippen LogP contribution is 2.21. The van der Waals surface area contributed by atoms with Crippen molar-refractivity contribution in [2.75, 3.05) is 20.1 Å². The van der Waals surface area contributed by atoms with Crippen LogP contribution in [0.1, 0.15) is 38.2 Å². The van der Waals surface area contributed by atoms with Gasteiger partial charge in [-0.15, -0.1) is 0 Å². The Kier molecular flexibility index (Phi) is 5.20. The zero-order valence-electron chi connectivity index (χ0n) is 11.7. The van der Waals surface area contributed by atoms with Gasteiger partial charge in [0.2, 0.25) is 0 Å². The fraction of sp³-hybridized carbons (Fsp3) is 0.786. The van der Waals surface area contributed by atoms with Gasteiger partial charge < -0.3 is 5.32 Å². The van der Waals surface area contributed by atoms with Gasteiger partial charge in [0.1, 0.15) is 0 Å². The lowest BCUT2D eigenvalue weighted by atomic mass is 9.99. The number of aryl methyl sites for hydroxylation is 1. The molecule has 0 bridgehead atoms. The van der Waals surface area contributed by atoms with Crippen LogP contribution in [0.3, 0.4) is 0 Å². The van der Waals surface area contributed by atoms with Crippen molar-refractivity contribution in [2.24, 2.45) is 0 Å². The molecule has 18 heavy (non-hydrogen) atoms. The van der Waals surface area contributed by atoms with Gasteiger partial charge in [-0.1, -0.05) is 6.42 Å². The summed E-state index contributed by atoms with van der Waals surface area (Å²) in [7, 11) is 2.04. The van der Waals surface area contributed by atoms with E-state index >= 15 is 0 Å². The van der Waals surface area contributed by atoms with Crippen LogP contribution >= 0.6 is 0 Å². The number of aromatic nitrogens is 2. The quantitative estimate of drug-likeness (QED) is 0.836. The Bertz CT molecular complexity index is 347. The van der Waals surface area contributed by atoms with Gasteiger partial charge in [-0.25, -0.2) is 0 Å². The van der Waals surface area contributed by atoms with Gasteiger partial charge in [0, 0.05) is 30.9 Å². The van der Waals surface area contributed by atoms with Gasteiger partial charge in [-0.05, 0) is 46.3 Å². The molecule has 0 aromatic carbocycles. The zero-order chi connectivity index (χ0) is 12.8. The summed E-state index contributed by atoms with van der Waals surface area (Å²) in [5, 5.41) is 7.63. The van der Waals surface area contributed by atoms with Gasteiger partial charge in [0.25, 0.3) is 0 Å². The first kappa shape index (κ1) is 13.6. The smallest absolute Gasteiger partial charge is 0.0534 e. The number of nitrogens with one attached hydrogen (secondary N) is 1. The summed E-state index contributed by atoms with van der Waals surface area (Å²) in [5.41, 5.74) is 1.35. The van der Waals surface area contributed by atoms with Gasteiger partial charge in [0.15, 0.2) is 0 Å². The predicted octanol–water partition coefficient (Wildman–Crippen LogP) is 1.87. The first-order chi connectivity index (χ1) is 8.83. The second-order valence-electron chi connectivity index (χ2n) is 5.22. The van der Waals surface area contributed by atoms with E-state index in [9.17, 15) is 0 Å². The Morgan fingerprint density at radius 2 is 2.33 bits per heavy atom. The molecule has 1 aromatic rings. The zero-order valence-corrected chi connectivity index (χ0v) is 11.7. The molecule has 2 rings (SSSR count). The maximum atomic E-state index is 4.37. The van der Waals surface area contributed by atoms with Gasteiger partial charge in [0.05, 0.1) is 6.20 Å². The maximum Gasteiger partial charge on any atom is 0.0534 e. The molecule has 1 aliphatic rings. The first-order valence-electron chi connectivity index (χ1n) is 7.23. The van der Waals surface area contributed by atoms with E-state index in [1.54, 1.807) is 0 Å². The fourth-order valence-electron chi connectivity index (χ4n) is 2.80. The largest absolute Gasteiger partial charge is 0.320 e. The number of hydrogen-bond acceptors (Lipinski definition) is 3. The van der Waals surface area contributed by atoms with Crippen LogP contribution in [0.15, 0.2) is 12.4 Å². The molecule has 1 atom stereocenters. The maximum absolute atomic E-state index is 4.37. The van der Waals surface area contributed by atoms with Crippen LogP contribution in [0, 0.1) is 0 Å². The summed E-state index contributed by atoms with van der Waals surface area (Å²) in [4.78, 5) is 2.64. The fourth-order valence-corrected chi connectivity index (χ4v) is 2.80. The van der Waals surface area contributed by atoms with Crippen LogP contribution in [0.4, 0.5) is 0 Å². The van der Waals surface area contributed by atoms with E-state index in [2.05, 4.69) is 28.4 Å². The van der Waals surface area contributed by atoms with Crippen LogP contribution in [0.2, 0.25) is 0 Å². The van der Waals surface area contributed by atoms with Crippen molar-refractivity contribution in [3.63, 3.8) is 0 Å². The third-order valence-corrected chi connectivity index (χ3v) is 3.87. The minimum Gasteiger partial charge on any atom is -0.320 e. The Labute approximate surface area is 110 Å². The summed E-state index contributed by atoms with van der Waals surface area (Å²) >= 11 is 0. The normalized spacial score (nSPS) is 21.3.